The third-order valence-electron chi connectivity index (χ3n) is 2.40. The van der Waals surface area contributed by atoms with E-state index in [0.717, 1.165) is 17.5 Å². The summed E-state index contributed by atoms with van der Waals surface area (Å²) < 4.78 is 3.64. The molecule has 0 atom stereocenters. The molecule has 0 unspecified atom stereocenters. The van der Waals surface area contributed by atoms with Crippen LogP contribution in [0.25, 0.3) is 0 Å². The van der Waals surface area contributed by atoms with Crippen molar-refractivity contribution in [2.24, 2.45) is 14.1 Å². The van der Waals surface area contributed by atoms with Crippen molar-refractivity contribution in [2.45, 2.75) is 20.0 Å². The Kier molecular flexibility index (Phi) is 2.95. The molecule has 0 saturated carbocycles. The van der Waals surface area contributed by atoms with Crippen LogP contribution in [0.2, 0.25) is 0 Å². The van der Waals surface area contributed by atoms with Crippen molar-refractivity contribution < 1.29 is 0 Å². The largest absolute Gasteiger partial charge is 0.317 e. The number of hydrogen-bond donors (Lipinski definition) is 1. The van der Waals surface area contributed by atoms with Crippen molar-refractivity contribution in [1.82, 2.24) is 34.8 Å². The third kappa shape index (κ3) is 2.25. The summed E-state index contributed by atoms with van der Waals surface area (Å²) in [5.41, 5.74) is 0. The van der Waals surface area contributed by atoms with Gasteiger partial charge in [0.2, 0.25) is 0 Å². The van der Waals surface area contributed by atoms with E-state index < -0.39 is 0 Å². The minimum atomic E-state index is 0.632. The molecule has 0 radical (unpaired) electrons. The van der Waals surface area contributed by atoms with Gasteiger partial charge in [-0.15, -0.1) is 10.2 Å². The van der Waals surface area contributed by atoms with Gasteiger partial charge in [0.05, 0.1) is 13.1 Å². The molecule has 2 aromatic heterocycles. The normalized spacial score (nSPS) is 10.9. The Morgan fingerprint density at radius 1 is 1.25 bits per heavy atom. The quantitative estimate of drug-likeness (QED) is 0.756. The molecule has 0 fully saturated rings. The smallest absolute Gasteiger partial charge is 0.164 e. The molecule has 0 bridgehead atoms. The van der Waals surface area contributed by atoms with E-state index in [1.165, 1.54) is 0 Å². The Balaban J connectivity index is 1.86. The molecule has 0 aliphatic heterocycles. The summed E-state index contributed by atoms with van der Waals surface area (Å²) >= 11 is 0. The molecule has 2 heterocycles. The van der Waals surface area contributed by atoms with Gasteiger partial charge in [0, 0.05) is 14.1 Å². The first-order chi connectivity index (χ1) is 7.66. The molecule has 0 saturated heterocycles. The van der Waals surface area contributed by atoms with Gasteiger partial charge in [-0.05, 0) is 6.92 Å². The monoisotopic (exact) mass is 221 g/mol. The standard InChI is InChI=1S/C9H15N7/c1-7-12-13-9(16(7)3)5-10-4-8-11-6-15(2)14-8/h6,10H,4-5H2,1-3H3. The highest BCUT2D eigenvalue weighted by molar-refractivity contribution is 4.92. The van der Waals surface area contributed by atoms with Crippen molar-refractivity contribution >= 4 is 0 Å². The van der Waals surface area contributed by atoms with Crippen molar-refractivity contribution in [3.05, 3.63) is 23.8 Å². The average molecular weight is 221 g/mol. The second kappa shape index (κ2) is 4.40. The Labute approximate surface area is 93.5 Å². The van der Waals surface area contributed by atoms with Crippen LogP contribution in [0.4, 0.5) is 0 Å². The Morgan fingerprint density at radius 2 is 2.06 bits per heavy atom. The molecule has 7 nitrogen and oxygen atoms in total. The first-order valence-electron chi connectivity index (χ1n) is 5.07. The van der Waals surface area contributed by atoms with E-state index in [1.807, 2.05) is 25.6 Å². The zero-order valence-corrected chi connectivity index (χ0v) is 9.67. The maximum atomic E-state index is 4.17. The van der Waals surface area contributed by atoms with Gasteiger partial charge in [0.15, 0.2) is 5.82 Å². The van der Waals surface area contributed by atoms with Crippen LogP contribution in [-0.2, 0) is 27.2 Å². The Morgan fingerprint density at radius 3 is 2.62 bits per heavy atom. The number of nitrogens with one attached hydrogen (secondary N) is 1. The second-order valence-electron chi connectivity index (χ2n) is 3.66. The number of aromatic nitrogens is 6. The van der Waals surface area contributed by atoms with Crippen molar-refractivity contribution in [2.75, 3.05) is 0 Å². The number of rotatable bonds is 4. The summed E-state index contributed by atoms with van der Waals surface area (Å²) in [6, 6.07) is 0. The van der Waals surface area contributed by atoms with Crippen LogP contribution in [0.3, 0.4) is 0 Å². The lowest BCUT2D eigenvalue weighted by Crippen LogP contribution is -2.17. The third-order valence-corrected chi connectivity index (χ3v) is 2.40. The van der Waals surface area contributed by atoms with Crippen LogP contribution in [0, 0.1) is 6.92 Å². The highest BCUT2D eigenvalue weighted by atomic mass is 15.3. The maximum Gasteiger partial charge on any atom is 0.164 e. The Bertz CT molecular complexity index is 470. The molecular weight excluding hydrogens is 206 g/mol. The van der Waals surface area contributed by atoms with Crippen LogP contribution < -0.4 is 5.32 Å². The summed E-state index contributed by atoms with van der Waals surface area (Å²) in [5.74, 6) is 2.60. The lowest BCUT2D eigenvalue weighted by molar-refractivity contribution is 0.610. The first kappa shape index (κ1) is 10.7. The van der Waals surface area contributed by atoms with E-state index in [0.29, 0.717) is 13.1 Å². The minimum Gasteiger partial charge on any atom is -0.317 e. The molecule has 2 rings (SSSR count). The SMILES string of the molecule is Cc1nnc(CNCc2ncn(C)n2)n1C. The summed E-state index contributed by atoms with van der Waals surface area (Å²) in [6.07, 6.45) is 1.68. The van der Waals surface area contributed by atoms with Gasteiger partial charge in [0.1, 0.15) is 18.0 Å². The molecule has 0 amide bonds. The minimum absolute atomic E-state index is 0.632. The number of hydrogen-bond acceptors (Lipinski definition) is 5. The van der Waals surface area contributed by atoms with Gasteiger partial charge < -0.3 is 9.88 Å². The van der Waals surface area contributed by atoms with Gasteiger partial charge in [-0.1, -0.05) is 0 Å². The topological polar surface area (TPSA) is 73.5 Å². The van der Waals surface area contributed by atoms with E-state index in [1.54, 1.807) is 11.0 Å². The lowest BCUT2D eigenvalue weighted by Gasteiger charge is -2.02. The molecule has 2 aromatic rings. The van der Waals surface area contributed by atoms with Crippen molar-refractivity contribution in [3.8, 4) is 0 Å². The molecule has 16 heavy (non-hydrogen) atoms. The summed E-state index contributed by atoms with van der Waals surface area (Å²) in [5, 5.41) is 15.4. The van der Waals surface area contributed by atoms with Gasteiger partial charge in [-0.2, -0.15) is 5.10 Å². The van der Waals surface area contributed by atoms with Crippen LogP contribution >= 0.6 is 0 Å². The fraction of sp³-hybridized carbons (Fsp3) is 0.556. The highest BCUT2D eigenvalue weighted by Gasteiger charge is 2.04. The Hall–Kier alpha value is -1.76. The number of nitrogens with zero attached hydrogens (tertiary/aromatic N) is 6. The average Bonchev–Trinajstić information content (AvgIpc) is 2.79. The van der Waals surface area contributed by atoms with E-state index >= 15 is 0 Å². The van der Waals surface area contributed by atoms with E-state index in [9.17, 15) is 0 Å². The van der Waals surface area contributed by atoms with Crippen LogP contribution in [0.15, 0.2) is 6.33 Å². The van der Waals surface area contributed by atoms with Crippen LogP contribution in [0.1, 0.15) is 17.5 Å². The molecule has 86 valence electrons. The van der Waals surface area contributed by atoms with E-state index in [-0.39, 0.29) is 0 Å². The molecule has 7 heteroatoms. The van der Waals surface area contributed by atoms with E-state index in [2.05, 4.69) is 25.6 Å². The van der Waals surface area contributed by atoms with Crippen molar-refractivity contribution in [3.63, 3.8) is 0 Å². The summed E-state index contributed by atoms with van der Waals surface area (Å²) in [4.78, 5) is 4.12. The lowest BCUT2D eigenvalue weighted by atomic mass is 10.5. The van der Waals surface area contributed by atoms with Gasteiger partial charge in [-0.3, -0.25) is 4.68 Å². The van der Waals surface area contributed by atoms with E-state index in [4.69, 9.17) is 0 Å². The summed E-state index contributed by atoms with van der Waals surface area (Å²) in [7, 11) is 3.80. The fourth-order valence-electron chi connectivity index (χ4n) is 1.36. The van der Waals surface area contributed by atoms with Crippen LogP contribution in [0.5, 0.6) is 0 Å². The molecule has 0 spiro atoms. The zero-order chi connectivity index (χ0) is 11.5. The maximum absolute atomic E-state index is 4.17. The molecule has 0 aromatic carbocycles. The van der Waals surface area contributed by atoms with Gasteiger partial charge >= 0.3 is 0 Å². The molecule has 0 aliphatic rings. The molecular formula is C9H15N7. The predicted molar refractivity (Wildman–Crippen MR) is 57.3 cm³/mol. The molecule has 1 N–H and O–H groups in total. The predicted octanol–water partition coefficient (Wildman–Crippen LogP) is -0.458. The second-order valence-corrected chi connectivity index (χ2v) is 3.66. The summed E-state index contributed by atoms with van der Waals surface area (Å²) in [6.45, 7) is 3.22. The first-order valence-corrected chi connectivity index (χ1v) is 5.07. The molecule has 0 aliphatic carbocycles. The van der Waals surface area contributed by atoms with Gasteiger partial charge in [0.25, 0.3) is 0 Å². The number of aryl methyl sites for hydroxylation is 2. The fourth-order valence-corrected chi connectivity index (χ4v) is 1.36. The zero-order valence-electron chi connectivity index (χ0n) is 9.67. The highest BCUT2D eigenvalue weighted by Crippen LogP contribution is 1.97. The van der Waals surface area contributed by atoms with Gasteiger partial charge in [-0.25, -0.2) is 4.98 Å². The van der Waals surface area contributed by atoms with Crippen molar-refractivity contribution in [1.29, 1.82) is 0 Å². The van der Waals surface area contributed by atoms with Crippen LogP contribution in [-0.4, -0.2) is 29.5 Å².